The normalized spacial score (nSPS) is 10.3. The van der Waals surface area contributed by atoms with E-state index in [0.717, 1.165) is 0 Å². The van der Waals surface area contributed by atoms with Crippen LogP contribution in [0.5, 0.6) is 11.5 Å². The summed E-state index contributed by atoms with van der Waals surface area (Å²) in [4.78, 5) is 6.45. The zero-order chi connectivity index (χ0) is 14.7. The van der Waals surface area contributed by atoms with Gasteiger partial charge in [0.1, 0.15) is 11.5 Å². The number of hydrogen-bond acceptors (Lipinski definition) is 2. The first-order chi connectivity index (χ1) is 10.2. The zero-order valence-corrected chi connectivity index (χ0v) is 11.2. The Morgan fingerprint density at radius 1 is 0.810 bits per heavy atom. The van der Waals surface area contributed by atoms with Crippen molar-refractivity contribution in [2.24, 2.45) is 0 Å². The molecular weight excluding hydrogens is 264 g/mol. The molecule has 104 valence electrons. The van der Waals surface area contributed by atoms with Gasteiger partial charge in [0.25, 0.3) is 0 Å². The molecule has 2 heterocycles. The number of H-pyrrole nitrogens is 2. The van der Waals surface area contributed by atoms with E-state index >= 15 is 0 Å². The first kappa shape index (κ1) is 13.0. The summed E-state index contributed by atoms with van der Waals surface area (Å²) in [5.41, 5.74) is 2.37. The van der Waals surface area contributed by atoms with Crippen LogP contribution in [-0.4, -0.2) is 15.2 Å². The number of aromatic hydroxyl groups is 2. The average Bonchev–Trinajstić information content (AvgIpc) is 3.00. The largest absolute Gasteiger partial charge is 0.508 e. The first-order valence-electron chi connectivity index (χ1n) is 6.58. The molecule has 0 unspecified atom stereocenters. The van der Waals surface area contributed by atoms with Crippen molar-refractivity contribution in [1.29, 1.82) is 0 Å². The number of fused-ring (bicyclic) bond motifs is 3. The topological polar surface area (TPSA) is 70.4 Å². The Balaban J connectivity index is 0.000000143. The Bertz CT molecular complexity index is 846. The summed E-state index contributed by atoms with van der Waals surface area (Å²) >= 11 is 0. The lowest BCUT2D eigenvalue weighted by Crippen LogP contribution is -2.00. The SMILES string of the molecule is Oc1ccc(O)cc1.c1c[nH+]c2c(c1)ccc1[nH]ccc12. The second kappa shape index (κ2) is 5.54. The number of phenolic OH excluding ortho intramolecular Hbond substituents is 2. The molecule has 0 aliphatic carbocycles. The summed E-state index contributed by atoms with van der Waals surface area (Å²) in [5, 5.41) is 19.8. The highest BCUT2D eigenvalue weighted by molar-refractivity contribution is 6.01. The van der Waals surface area contributed by atoms with Crippen LogP contribution in [0.2, 0.25) is 0 Å². The Labute approximate surface area is 121 Å². The van der Waals surface area contributed by atoms with Gasteiger partial charge in [-0.3, -0.25) is 0 Å². The molecule has 4 N–H and O–H groups in total. The fraction of sp³-hybridized carbons (Fsp3) is 0. The van der Waals surface area contributed by atoms with E-state index in [9.17, 15) is 0 Å². The van der Waals surface area contributed by atoms with Gasteiger partial charge < -0.3 is 15.2 Å². The summed E-state index contributed by atoms with van der Waals surface area (Å²) in [6.07, 6.45) is 3.92. The summed E-state index contributed by atoms with van der Waals surface area (Å²) in [7, 11) is 0. The predicted molar refractivity (Wildman–Crippen MR) is 82.1 cm³/mol. The van der Waals surface area contributed by atoms with Gasteiger partial charge in [-0.1, -0.05) is 0 Å². The molecule has 2 aromatic carbocycles. The lowest BCUT2D eigenvalue weighted by molar-refractivity contribution is -0.343. The molecule has 0 aliphatic heterocycles. The van der Waals surface area contributed by atoms with Gasteiger partial charge in [0.05, 0.1) is 10.9 Å². The average molecular weight is 279 g/mol. The minimum atomic E-state index is 0.169. The van der Waals surface area contributed by atoms with Gasteiger partial charge in [-0.25, -0.2) is 4.98 Å². The fourth-order valence-electron chi connectivity index (χ4n) is 2.19. The fourth-order valence-corrected chi connectivity index (χ4v) is 2.19. The van der Waals surface area contributed by atoms with Crippen LogP contribution in [0.1, 0.15) is 0 Å². The molecule has 0 radical (unpaired) electrons. The maximum atomic E-state index is 8.65. The van der Waals surface area contributed by atoms with Crippen LogP contribution in [-0.2, 0) is 0 Å². The van der Waals surface area contributed by atoms with E-state index in [1.807, 2.05) is 18.5 Å². The van der Waals surface area contributed by atoms with Crippen molar-refractivity contribution in [3.05, 3.63) is 67.0 Å². The number of nitrogens with one attached hydrogen (secondary N) is 2. The van der Waals surface area contributed by atoms with Crippen LogP contribution < -0.4 is 4.98 Å². The van der Waals surface area contributed by atoms with Crippen LogP contribution in [0.25, 0.3) is 21.8 Å². The highest BCUT2D eigenvalue weighted by atomic mass is 16.3. The van der Waals surface area contributed by atoms with Gasteiger partial charge in [0, 0.05) is 17.6 Å². The molecule has 0 saturated carbocycles. The molecule has 0 saturated heterocycles. The number of hydrogen-bond donors (Lipinski definition) is 3. The monoisotopic (exact) mass is 279 g/mol. The number of phenols is 2. The third kappa shape index (κ3) is 2.79. The Morgan fingerprint density at radius 3 is 2.24 bits per heavy atom. The maximum Gasteiger partial charge on any atom is 0.220 e. The summed E-state index contributed by atoms with van der Waals surface area (Å²) in [6.45, 7) is 0. The van der Waals surface area contributed by atoms with Crippen molar-refractivity contribution in [2.75, 3.05) is 0 Å². The lowest BCUT2D eigenvalue weighted by Gasteiger charge is -1.91. The van der Waals surface area contributed by atoms with Gasteiger partial charge in [0.15, 0.2) is 6.20 Å². The number of pyridine rings is 1. The van der Waals surface area contributed by atoms with E-state index in [1.54, 1.807) is 0 Å². The Morgan fingerprint density at radius 2 is 1.52 bits per heavy atom. The van der Waals surface area contributed by atoms with E-state index in [4.69, 9.17) is 10.2 Å². The van der Waals surface area contributed by atoms with Crippen LogP contribution >= 0.6 is 0 Å². The molecule has 2 aromatic heterocycles. The molecular formula is C17H15N2O2+. The molecule has 21 heavy (non-hydrogen) atoms. The van der Waals surface area contributed by atoms with E-state index < -0.39 is 0 Å². The van der Waals surface area contributed by atoms with Crippen molar-refractivity contribution in [2.45, 2.75) is 0 Å². The summed E-state index contributed by atoms with van der Waals surface area (Å²) in [6, 6.07) is 16.1. The number of rotatable bonds is 0. The van der Waals surface area contributed by atoms with Crippen molar-refractivity contribution in [1.82, 2.24) is 4.98 Å². The lowest BCUT2D eigenvalue weighted by atomic mass is 10.1. The molecule has 4 rings (SSSR count). The minimum Gasteiger partial charge on any atom is -0.508 e. The quantitative estimate of drug-likeness (QED) is 0.432. The minimum absolute atomic E-state index is 0.169. The van der Waals surface area contributed by atoms with Gasteiger partial charge in [-0.15, -0.1) is 0 Å². The predicted octanol–water partition coefficient (Wildman–Crippen LogP) is 3.23. The summed E-state index contributed by atoms with van der Waals surface area (Å²) in [5.74, 6) is 0.339. The molecule has 4 heteroatoms. The highest BCUT2D eigenvalue weighted by Crippen LogP contribution is 2.19. The van der Waals surface area contributed by atoms with Crippen molar-refractivity contribution in [3.63, 3.8) is 0 Å². The molecule has 0 fully saturated rings. The van der Waals surface area contributed by atoms with E-state index in [2.05, 4.69) is 34.2 Å². The van der Waals surface area contributed by atoms with Gasteiger partial charge in [-0.2, -0.15) is 0 Å². The Kier molecular flexibility index (Phi) is 3.43. The number of benzene rings is 2. The van der Waals surface area contributed by atoms with Gasteiger partial charge in [-0.05, 0) is 48.5 Å². The van der Waals surface area contributed by atoms with Crippen LogP contribution in [0.4, 0.5) is 0 Å². The van der Waals surface area contributed by atoms with Crippen LogP contribution in [0.15, 0.2) is 67.0 Å². The highest BCUT2D eigenvalue weighted by Gasteiger charge is 2.04. The third-order valence-electron chi connectivity index (χ3n) is 3.22. The van der Waals surface area contributed by atoms with Crippen molar-refractivity contribution < 1.29 is 15.2 Å². The molecule has 0 spiro atoms. The third-order valence-corrected chi connectivity index (χ3v) is 3.22. The van der Waals surface area contributed by atoms with Crippen LogP contribution in [0, 0.1) is 0 Å². The number of aromatic nitrogens is 2. The number of aromatic amines is 2. The maximum absolute atomic E-state index is 8.65. The molecule has 0 aliphatic rings. The Hall–Kier alpha value is -3.01. The van der Waals surface area contributed by atoms with Gasteiger partial charge in [0.2, 0.25) is 5.52 Å². The molecule has 4 nitrogen and oxygen atoms in total. The van der Waals surface area contributed by atoms with E-state index in [0.29, 0.717) is 0 Å². The second-order valence-corrected chi connectivity index (χ2v) is 4.66. The molecule has 0 amide bonds. The molecule has 4 aromatic rings. The summed E-state index contributed by atoms with van der Waals surface area (Å²) < 4.78 is 0. The second-order valence-electron chi connectivity index (χ2n) is 4.66. The molecule has 0 bridgehead atoms. The standard InChI is InChI=1S/C11H8N2.C6H6O2/c1-2-8-3-4-10-9(5-7-12-10)11(8)13-6-1;7-5-1-2-6(8)4-3-5/h1-7,12H;1-4,7-8H/p+1. The van der Waals surface area contributed by atoms with E-state index in [-0.39, 0.29) is 11.5 Å². The molecule has 0 atom stereocenters. The zero-order valence-electron chi connectivity index (χ0n) is 11.2. The van der Waals surface area contributed by atoms with Gasteiger partial charge >= 0.3 is 0 Å². The smallest absolute Gasteiger partial charge is 0.220 e. The first-order valence-corrected chi connectivity index (χ1v) is 6.58. The van der Waals surface area contributed by atoms with Crippen molar-refractivity contribution >= 4 is 21.8 Å². The van der Waals surface area contributed by atoms with Crippen LogP contribution in [0.3, 0.4) is 0 Å². The van der Waals surface area contributed by atoms with E-state index in [1.165, 1.54) is 46.1 Å². The van der Waals surface area contributed by atoms with Crippen molar-refractivity contribution in [3.8, 4) is 11.5 Å².